The van der Waals surface area contributed by atoms with E-state index in [4.69, 9.17) is 0 Å². The van der Waals surface area contributed by atoms with E-state index in [0.29, 0.717) is 12.0 Å². The van der Waals surface area contributed by atoms with Crippen molar-refractivity contribution in [3.05, 3.63) is 35.4 Å². The summed E-state index contributed by atoms with van der Waals surface area (Å²) in [5.74, 6) is -1.05. The van der Waals surface area contributed by atoms with E-state index in [1.54, 1.807) is 12.1 Å². The van der Waals surface area contributed by atoms with Gasteiger partial charge in [-0.2, -0.15) is 0 Å². The molecule has 0 bridgehead atoms. The van der Waals surface area contributed by atoms with Crippen LogP contribution in [-0.4, -0.2) is 29.4 Å². The predicted molar refractivity (Wildman–Crippen MR) is 74.0 cm³/mol. The second-order valence-electron chi connectivity index (χ2n) is 5.92. The van der Waals surface area contributed by atoms with Gasteiger partial charge in [0.15, 0.2) is 5.54 Å². The first-order valence-corrected chi connectivity index (χ1v) is 6.16. The highest BCUT2D eigenvalue weighted by Crippen LogP contribution is 2.29. The van der Waals surface area contributed by atoms with E-state index in [0.717, 1.165) is 5.56 Å². The number of carbonyl (C=O) groups excluding carboxylic acids is 1. The molecule has 0 spiro atoms. The minimum atomic E-state index is -1.35. The molecule has 0 aliphatic heterocycles. The zero-order chi connectivity index (χ0) is 14.8. The van der Waals surface area contributed by atoms with E-state index < -0.39 is 11.5 Å². The van der Waals surface area contributed by atoms with Gasteiger partial charge in [-0.05, 0) is 23.5 Å². The number of hydrogen-bond donors (Lipinski definition) is 1. The molecule has 4 heteroatoms. The van der Waals surface area contributed by atoms with Crippen LogP contribution in [0.3, 0.4) is 0 Å². The molecule has 0 radical (unpaired) electrons. The summed E-state index contributed by atoms with van der Waals surface area (Å²) < 4.78 is 0. The molecular weight excluding hydrogens is 242 g/mol. The number of carbonyl (C=O) groups is 2. The highest BCUT2D eigenvalue weighted by Gasteiger charge is 2.39. The Morgan fingerprint density at radius 2 is 1.53 bits per heavy atom. The van der Waals surface area contributed by atoms with Crippen LogP contribution < -0.4 is 0 Å². The smallest absolute Gasteiger partial charge is 0.334 e. The number of benzene rings is 1. The van der Waals surface area contributed by atoms with Gasteiger partial charge in [0.05, 0.1) is 0 Å². The van der Waals surface area contributed by atoms with Gasteiger partial charge in [-0.15, -0.1) is 0 Å². The normalized spacial score (nSPS) is 14.6. The summed E-state index contributed by atoms with van der Waals surface area (Å²) in [6.07, 6.45) is 0.534. The second-order valence-corrected chi connectivity index (χ2v) is 5.92. The fourth-order valence-corrected chi connectivity index (χ4v) is 1.88. The summed E-state index contributed by atoms with van der Waals surface area (Å²) in [5.41, 5.74) is 0.368. The number of amides is 1. The average molecular weight is 263 g/mol. The summed E-state index contributed by atoms with van der Waals surface area (Å²) in [7, 11) is 1.47. The summed E-state index contributed by atoms with van der Waals surface area (Å²) in [6.45, 7) is 7.80. The lowest BCUT2D eigenvalue weighted by Crippen LogP contribution is -2.47. The zero-order valence-corrected chi connectivity index (χ0v) is 12.1. The maximum Gasteiger partial charge on any atom is 0.334 e. The Labute approximate surface area is 114 Å². The largest absolute Gasteiger partial charge is 0.479 e. The van der Waals surface area contributed by atoms with Crippen LogP contribution in [0, 0.1) is 0 Å². The van der Waals surface area contributed by atoms with Gasteiger partial charge in [-0.25, -0.2) is 4.79 Å². The fourth-order valence-electron chi connectivity index (χ4n) is 1.88. The molecular formula is C15H21NO3. The van der Waals surface area contributed by atoms with Gasteiger partial charge >= 0.3 is 5.97 Å². The minimum Gasteiger partial charge on any atom is -0.479 e. The van der Waals surface area contributed by atoms with E-state index in [-0.39, 0.29) is 5.41 Å². The van der Waals surface area contributed by atoms with Gasteiger partial charge < -0.3 is 10.0 Å². The van der Waals surface area contributed by atoms with Crippen LogP contribution in [0.2, 0.25) is 0 Å². The van der Waals surface area contributed by atoms with Crippen LogP contribution in [0.5, 0.6) is 0 Å². The number of carboxylic acid groups (broad SMARTS) is 1. The van der Waals surface area contributed by atoms with Crippen LogP contribution in [0.25, 0.3) is 0 Å². The van der Waals surface area contributed by atoms with Gasteiger partial charge in [0.25, 0.3) is 0 Å². The van der Waals surface area contributed by atoms with E-state index in [9.17, 15) is 14.7 Å². The van der Waals surface area contributed by atoms with Crippen LogP contribution in [0.4, 0.5) is 0 Å². The number of nitrogens with zero attached hydrogens (tertiary/aromatic N) is 1. The maximum absolute atomic E-state index is 11.5. The Balaban J connectivity index is 3.27. The van der Waals surface area contributed by atoms with Crippen molar-refractivity contribution in [3.63, 3.8) is 0 Å². The Kier molecular flexibility index (Phi) is 4.03. The first-order chi connectivity index (χ1) is 8.64. The Hall–Kier alpha value is -1.84. The topological polar surface area (TPSA) is 57.6 Å². The number of carboxylic acids is 1. The van der Waals surface area contributed by atoms with Gasteiger partial charge in [0.1, 0.15) is 0 Å². The van der Waals surface area contributed by atoms with Gasteiger partial charge in [0, 0.05) is 7.05 Å². The summed E-state index contributed by atoms with van der Waals surface area (Å²) in [6, 6.07) is 7.37. The predicted octanol–water partition coefficient (Wildman–Crippen LogP) is 2.37. The molecule has 0 aliphatic carbocycles. The van der Waals surface area contributed by atoms with Crippen molar-refractivity contribution in [3.8, 4) is 0 Å². The van der Waals surface area contributed by atoms with Crippen molar-refractivity contribution < 1.29 is 14.7 Å². The molecule has 0 saturated heterocycles. The van der Waals surface area contributed by atoms with Crippen molar-refractivity contribution in [2.75, 3.05) is 7.05 Å². The third-order valence-electron chi connectivity index (χ3n) is 3.59. The van der Waals surface area contributed by atoms with Crippen molar-refractivity contribution in [1.82, 2.24) is 4.90 Å². The molecule has 0 saturated carbocycles. The van der Waals surface area contributed by atoms with Crippen LogP contribution >= 0.6 is 0 Å². The van der Waals surface area contributed by atoms with Crippen molar-refractivity contribution in [1.29, 1.82) is 0 Å². The molecule has 1 aromatic rings. The zero-order valence-electron chi connectivity index (χ0n) is 12.1. The van der Waals surface area contributed by atoms with Gasteiger partial charge in [-0.1, -0.05) is 45.0 Å². The quantitative estimate of drug-likeness (QED) is 0.848. The van der Waals surface area contributed by atoms with Crippen molar-refractivity contribution in [2.45, 2.75) is 38.6 Å². The summed E-state index contributed by atoms with van der Waals surface area (Å²) >= 11 is 0. The van der Waals surface area contributed by atoms with Gasteiger partial charge in [0.2, 0.25) is 6.41 Å². The minimum absolute atomic E-state index is 0.00865. The van der Waals surface area contributed by atoms with E-state index in [1.165, 1.54) is 18.9 Å². The van der Waals surface area contributed by atoms with E-state index in [1.807, 2.05) is 12.1 Å². The van der Waals surface area contributed by atoms with Crippen molar-refractivity contribution in [2.24, 2.45) is 0 Å². The number of aliphatic carboxylic acids is 1. The number of rotatable bonds is 4. The molecule has 4 nitrogen and oxygen atoms in total. The molecule has 0 fully saturated rings. The van der Waals surface area contributed by atoms with Crippen LogP contribution in [-0.2, 0) is 20.5 Å². The highest BCUT2D eigenvalue weighted by atomic mass is 16.4. The highest BCUT2D eigenvalue weighted by molar-refractivity contribution is 5.82. The molecule has 1 amide bonds. The molecule has 0 aliphatic rings. The van der Waals surface area contributed by atoms with Gasteiger partial charge in [-0.3, -0.25) is 4.79 Å². The Bertz CT molecular complexity index is 473. The second kappa shape index (κ2) is 5.03. The molecule has 1 N–H and O–H groups in total. The molecule has 104 valence electrons. The number of hydrogen-bond acceptors (Lipinski definition) is 2. The van der Waals surface area contributed by atoms with Crippen LogP contribution in [0.15, 0.2) is 24.3 Å². The molecule has 1 aromatic carbocycles. The lowest BCUT2D eigenvalue weighted by Gasteiger charge is -2.33. The van der Waals surface area contributed by atoms with E-state index >= 15 is 0 Å². The molecule has 1 atom stereocenters. The lowest BCUT2D eigenvalue weighted by molar-refractivity contribution is -0.153. The number of likely N-dealkylation sites (N-methyl/N-ethyl adjacent to an activating group) is 1. The average Bonchev–Trinajstić information content (AvgIpc) is 2.35. The van der Waals surface area contributed by atoms with Crippen LogP contribution in [0.1, 0.15) is 38.8 Å². The van der Waals surface area contributed by atoms with Crippen molar-refractivity contribution >= 4 is 12.4 Å². The summed E-state index contributed by atoms with van der Waals surface area (Å²) in [5, 5.41) is 9.42. The summed E-state index contributed by atoms with van der Waals surface area (Å²) in [4.78, 5) is 23.6. The third-order valence-corrected chi connectivity index (χ3v) is 3.59. The molecule has 1 rings (SSSR count). The lowest BCUT2D eigenvalue weighted by atomic mass is 9.84. The molecule has 0 heterocycles. The monoisotopic (exact) mass is 263 g/mol. The standard InChI is InChI=1S/C15H21NO3/c1-14(2,3)11-6-8-12(9-7-11)15(4,13(18)19)16(5)10-17/h6-10H,1-5H3,(H,18,19). The first-order valence-electron chi connectivity index (χ1n) is 6.16. The Morgan fingerprint density at radius 1 is 1.11 bits per heavy atom. The van der Waals surface area contributed by atoms with E-state index in [2.05, 4.69) is 20.8 Å². The molecule has 1 unspecified atom stereocenters. The molecule has 19 heavy (non-hydrogen) atoms. The Morgan fingerprint density at radius 3 is 1.84 bits per heavy atom. The fraction of sp³-hybridized carbons (Fsp3) is 0.467. The first kappa shape index (κ1) is 15.2. The molecule has 0 aromatic heterocycles. The maximum atomic E-state index is 11.5. The third kappa shape index (κ3) is 2.78. The SMILES string of the molecule is CN(C=O)C(C)(C(=O)O)c1ccc(C(C)(C)C)cc1.